The lowest BCUT2D eigenvalue weighted by molar-refractivity contribution is -0.127. The van der Waals surface area contributed by atoms with Crippen LogP contribution in [-0.4, -0.2) is 30.3 Å². The number of amides is 1. The molecule has 2 N–H and O–H groups in total. The van der Waals surface area contributed by atoms with Crippen molar-refractivity contribution in [2.45, 2.75) is 46.2 Å². The van der Waals surface area contributed by atoms with Gasteiger partial charge in [-0.2, -0.15) is 0 Å². The van der Waals surface area contributed by atoms with E-state index >= 15 is 0 Å². The Morgan fingerprint density at radius 2 is 1.67 bits per heavy atom. The molecule has 0 fully saturated rings. The lowest BCUT2D eigenvalue weighted by atomic mass is 10.0. The van der Waals surface area contributed by atoms with Crippen LogP contribution in [0.1, 0.15) is 33.3 Å². The number of ketones is 1. The van der Waals surface area contributed by atoms with Crippen molar-refractivity contribution in [1.82, 2.24) is 10.6 Å². The van der Waals surface area contributed by atoms with Gasteiger partial charge in [0.1, 0.15) is 0 Å². The van der Waals surface area contributed by atoms with Crippen LogP contribution in [0.15, 0.2) is 30.3 Å². The van der Waals surface area contributed by atoms with E-state index in [2.05, 4.69) is 10.6 Å². The standard InChI is InChI=1S/C17H26N2O2/c1-12(2)16(20)11-18-17(21)15(19-13(3)4)10-14-8-6-5-7-9-14/h5-9,12-13,15,19H,10-11H2,1-4H3,(H,18,21). The maximum atomic E-state index is 12.3. The fourth-order valence-corrected chi connectivity index (χ4v) is 1.98. The van der Waals surface area contributed by atoms with Crippen LogP contribution in [0, 0.1) is 5.92 Å². The van der Waals surface area contributed by atoms with Crippen LogP contribution in [0.2, 0.25) is 0 Å². The maximum Gasteiger partial charge on any atom is 0.237 e. The minimum absolute atomic E-state index is 0.0476. The normalized spacial score (nSPS) is 12.5. The zero-order valence-electron chi connectivity index (χ0n) is 13.3. The molecular weight excluding hydrogens is 264 g/mol. The molecule has 1 unspecified atom stereocenters. The summed E-state index contributed by atoms with van der Waals surface area (Å²) < 4.78 is 0. The van der Waals surface area contributed by atoms with E-state index in [-0.39, 0.29) is 36.2 Å². The largest absolute Gasteiger partial charge is 0.348 e. The Morgan fingerprint density at radius 3 is 2.19 bits per heavy atom. The van der Waals surface area contributed by atoms with Gasteiger partial charge in [-0.25, -0.2) is 0 Å². The second-order valence-electron chi connectivity index (χ2n) is 5.90. The Morgan fingerprint density at radius 1 is 1.05 bits per heavy atom. The summed E-state index contributed by atoms with van der Waals surface area (Å²) in [6, 6.07) is 9.75. The van der Waals surface area contributed by atoms with Crippen LogP contribution in [0.3, 0.4) is 0 Å². The number of rotatable bonds is 8. The highest BCUT2D eigenvalue weighted by Crippen LogP contribution is 2.04. The number of Topliss-reactive ketones (excluding diaryl/α,β-unsaturated/α-hetero) is 1. The monoisotopic (exact) mass is 290 g/mol. The number of benzene rings is 1. The topological polar surface area (TPSA) is 58.2 Å². The average molecular weight is 290 g/mol. The lowest BCUT2D eigenvalue weighted by Gasteiger charge is -2.21. The first-order chi connectivity index (χ1) is 9.90. The molecule has 1 atom stereocenters. The second-order valence-corrected chi connectivity index (χ2v) is 5.90. The Labute approximate surface area is 127 Å². The van der Waals surface area contributed by atoms with E-state index in [4.69, 9.17) is 0 Å². The van der Waals surface area contributed by atoms with Gasteiger partial charge in [0.15, 0.2) is 5.78 Å². The van der Waals surface area contributed by atoms with Gasteiger partial charge in [-0.05, 0) is 12.0 Å². The third kappa shape index (κ3) is 6.54. The molecule has 0 aliphatic rings. The Hall–Kier alpha value is -1.68. The fourth-order valence-electron chi connectivity index (χ4n) is 1.98. The van der Waals surface area contributed by atoms with Gasteiger partial charge in [0, 0.05) is 12.0 Å². The van der Waals surface area contributed by atoms with Crippen LogP contribution in [0.25, 0.3) is 0 Å². The van der Waals surface area contributed by atoms with Gasteiger partial charge < -0.3 is 10.6 Å². The molecule has 1 aromatic rings. The summed E-state index contributed by atoms with van der Waals surface area (Å²) in [5, 5.41) is 6.00. The predicted octanol–water partition coefficient (Wildman–Crippen LogP) is 1.94. The number of carbonyl (C=O) groups excluding carboxylic acids is 2. The molecule has 1 rings (SSSR count). The smallest absolute Gasteiger partial charge is 0.237 e. The second kappa shape index (κ2) is 8.57. The van der Waals surface area contributed by atoms with Crippen molar-refractivity contribution in [3.05, 3.63) is 35.9 Å². The van der Waals surface area contributed by atoms with Crippen molar-refractivity contribution in [1.29, 1.82) is 0 Å². The summed E-state index contributed by atoms with van der Waals surface area (Å²) in [6.07, 6.45) is 0.612. The minimum atomic E-state index is -0.327. The average Bonchev–Trinajstić information content (AvgIpc) is 2.44. The SMILES string of the molecule is CC(C)NC(Cc1ccccc1)C(=O)NCC(=O)C(C)C. The third-order valence-corrected chi connectivity index (χ3v) is 3.21. The quantitative estimate of drug-likeness (QED) is 0.769. The maximum absolute atomic E-state index is 12.3. The molecule has 0 aliphatic carbocycles. The Kier molecular flexibility index (Phi) is 7.09. The molecule has 1 aromatic carbocycles. The van der Waals surface area contributed by atoms with Crippen LogP contribution in [0.5, 0.6) is 0 Å². The van der Waals surface area contributed by atoms with Crippen molar-refractivity contribution in [3.8, 4) is 0 Å². The van der Waals surface area contributed by atoms with E-state index < -0.39 is 0 Å². The summed E-state index contributed by atoms with van der Waals surface area (Å²) in [4.78, 5) is 23.9. The first-order valence-corrected chi connectivity index (χ1v) is 7.50. The molecule has 0 heterocycles. The Bertz CT molecular complexity index is 455. The molecular formula is C17H26N2O2. The van der Waals surface area contributed by atoms with Gasteiger partial charge in [0.2, 0.25) is 5.91 Å². The van der Waals surface area contributed by atoms with E-state index in [0.29, 0.717) is 6.42 Å². The highest BCUT2D eigenvalue weighted by atomic mass is 16.2. The molecule has 4 nitrogen and oxygen atoms in total. The van der Waals surface area contributed by atoms with Crippen LogP contribution in [0.4, 0.5) is 0 Å². The molecule has 0 saturated carbocycles. The summed E-state index contributed by atoms with van der Waals surface area (Å²) in [5.74, 6) is -0.135. The van der Waals surface area contributed by atoms with Crippen molar-refractivity contribution < 1.29 is 9.59 Å². The van der Waals surface area contributed by atoms with E-state index in [1.807, 2.05) is 58.0 Å². The van der Waals surface area contributed by atoms with Gasteiger partial charge in [-0.3, -0.25) is 9.59 Å². The van der Waals surface area contributed by atoms with Crippen molar-refractivity contribution >= 4 is 11.7 Å². The van der Waals surface area contributed by atoms with Crippen molar-refractivity contribution in [2.24, 2.45) is 5.92 Å². The van der Waals surface area contributed by atoms with Crippen LogP contribution in [-0.2, 0) is 16.0 Å². The molecule has 0 aliphatic heterocycles. The lowest BCUT2D eigenvalue weighted by Crippen LogP contribution is -2.49. The van der Waals surface area contributed by atoms with Gasteiger partial charge >= 0.3 is 0 Å². The van der Waals surface area contributed by atoms with Gasteiger partial charge in [0.05, 0.1) is 12.6 Å². The molecule has 1 amide bonds. The highest BCUT2D eigenvalue weighted by molar-refractivity contribution is 5.89. The predicted molar refractivity (Wildman–Crippen MR) is 85.1 cm³/mol. The molecule has 0 spiro atoms. The Balaban J connectivity index is 2.64. The first kappa shape index (κ1) is 17.4. The van der Waals surface area contributed by atoms with Gasteiger partial charge in [-0.1, -0.05) is 58.0 Å². The summed E-state index contributed by atoms with van der Waals surface area (Å²) in [7, 11) is 0. The first-order valence-electron chi connectivity index (χ1n) is 7.50. The van der Waals surface area contributed by atoms with Crippen LogP contribution < -0.4 is 10.6 Å². The molecule has 0 saturated heterocycles. The molecule has 21 heavy (non-hydrogen) atoms. The molecule has 4 heteroatoms. The number of nitrogens with one attached hydrogen (secondary N) is 2. The summed E-state index contributed by atoms with van der Waals surface area (Å²) in [5.41, 5.74) is 1.10. The van der Waals surface area contributed by atoms with Gasteiger partial charge in [0.25, 0.3) is 0 Å². The number of hydrogen-bond acceptors (Lipinski definition) is 3. The number of hydrogen-bond donors (Lipinski definition) is 2. The van der Waals surface area contributed by atoms with E-state index in [1.54, 1.807) is 0 Å². The summed E-state index contributed by atoms with van der Waals surface area (Å²) >= 11 is 0. The zero-order valence-corrected chi connectivity index (χ0v) is 13.3. The van der Waals surface area contributed by atoms with E-state index in [0.717, 1.165) is 5.56 Å². The minimum Gasteiger partial charge on any atom is -0.348 e. The zero-order chi connectivity index (χ0) is 15.8. The van der Waals surface area contributed by atoms with E-state index in [9.17, 15) is 9.59 Å². The van der Waals surface area contributed by atoms with Crippen molar-refractivity contribution in [3.63, 3.8) is 0 Å². The molecule has 116 valence electrons. The summed E-state index contributed by atoms with van der Waals surface area (Å²) in [6.45, 7) is 7.78. The van der Waals surface area contributed by atoms with Crippen molar-refractivity contribution in [2.75, 3.05) is 6.54 Å². The van der Waals surface area contributed by atoms with Crippen LogP contribution >= 0.6 is 0 Å². The highest BCUT2D eigenvalue weighted by Gasteiger charge is 2.20. The van der Waals surface area contributed by atoms with E-state index in [1.165, 1.54) is 0 Å². The molecule has 0 radical (unpaired) electrons. The molecule has 0 aromatic heterocycles. The molecule has 0 bridgehead atoms. The van der Waals surface area contributed by atoms with Gasteiger partial charge in [-0.15, -0.1) is 0 Å². The number of carbonyl (C=O) groups is 2. The fraction of sp³-hybridized carbons (Fsp3) is 0.529. The third-order valence-electron chi connectivity index (χ3n) is 3.21.